The van der Waals surface area contributed by atoms with Crippen LogP contribution in [-0.2, 0) is 17.0 Å². The second-order valence-corrected chi connectivity index (χ2v) is 10.3. The van der Waals surface area contributed by atoms with Crippen LogP contribution in [0, 0.1) is 13.8 Å². The summed E-state index contributed by atoms with van der Waals surface area (Å²) in [5.74, 6) is 1.45. The summed E-state index contributed by atoms with van der Waals surface area (Å²) in [4.78, 5) is 12.7. The minimum Gasteiger partial charge on any atom is -0.346 e. The third-order valence-corrected chi connectivity index (χ3v) is 7.16. The molecule has 0 saturated heterocycles. The van der Waals surface area contributed by atoms with E-state index in [1.54, 1.807) is 11.8 Å². The van der Waals surface area contributed by atoms with E-state index in [0.29, 0.717) is 23.7 Å². The lowest BCUT2D eigenvalue weighted by atomic mass is 10.0. The van der Waals surface area contributed by atoms with E-state index in [9.17, 15) is 4.79 Å². The molecule has 0 saturated carbocycles. The van der Waals surface area contributed by atoms with Crippen molar-refractivity contribution in [3.8, 4) is 5.69 Å². The Morgan fingerprint density at radius 1 is 1.00 bits per heavy atom. The topological polar surface area (TPSA) is 59.8 Å². The van der Waals surface area contributed by atoms with Gasteiger partial charge in [-0.15, -0.1) is 10.2 Å². The Morgan fingerprint density at radius 2 is 1.78 bits per heavy atom. The number of aromatic nitrogens is 3. The quantitative estimate of drug-likeness (QED) is 0.229. The first kappa shape index (κ1) is 26.0. The molecule has 1 atom stereocenters. The highest BCUT2D eigenvalue weighted by Crippen LogP contribution is 2.31. The molecule has 4 aromatic rings. The van der Waals surface area contributed by atoms with Gasteiger partial charge in [-0.25, -0.2) is 0 Å². The molecule has 5 nitrogen and oxygen atoms in total. The SMILES string of the molecule is CCCC(=O)NC(Cc1ccccc1)c1nnc(SCc2cccc(C)c2)n1-c1cc(Cl)ccc1C. The molecule has 36 heavy (non-hydrogen) atoms. The zero-order valence-corrected chi connectivity index (χ0v) is 22.4. The summed E-state index contributed by atoms with van der Waals surface area (Å²) in [6.45, 7) is 6.15. The smallest absolute Gasteiger partial charge is 0.220 e. The molecule has 1 N–H and O–H groups in total. The second kappa shape index (κ2) is 12.2. The van der Waals surface area contributed by atoms with Crippen LogP contribution in [0.25, 0.3) is 5.69 Å². The first-order valence-corrected chi connectivity index (χ1v) is 13.5. The normalized spacial score (nSPS) is 11.9. The molecule has 186 valence electrons. The van der Waals surface area contributed by atoms with Crippen LogP contribution in [0.1, 0.15) is 53.9 Å². The Morgan fingerprint density at radius 3 is 2.53 bits per heavy atom. The van der Waals surface area contributed by atoms with Crippen molar-refractivity contribution in [3.05, 3.63) is 106 Å². The predicted octanol–water partition coefficient (Wildman–Crippen LogP) is 7.03. The molecule has 0 bridgehead atoms. The molecule has 0 aliphatic carbocycles. The molecule has 0 aliphatic rings. The van der Waals surface area contributed by atoms with Crippen molar-refractivity contribution in [2.45, 2.75) is 57.0 Å². The molecule has 3 aromatic carbocycles. The third-order valence-electron chi connectivity index (χ3n) is 5.93. The standard InChI is InChI=1S/C29H31ClN4OS/c1-4-9-27(35)31-25(17-22-11-6-5-7-12-22)28-32-33-29(36-19-23-13-8-10-20(2)16-23)34(28)26-18-24(30)15-14-21(26)3/h5-8,10-16,18,25H,4,9,17,19H2,1-3H3,(H,31,35). The highest BCUT2D eigenvalue weighted by atomic mass is 35.5. The molecule has 0 fully saturated rings. The average molecular weight is 519 g/mol. The molecule has 1 aromatic heterocycles. The predicted molar refractivity (Wildman–Crippen MR) is 148 cm³/mol. The number of hydrogen-bond acceptors (Lipinski definition) is 4. The van der Waals surface area contributed by atoms with Crippen LogP contribution >= 0.6 is 23.4 Å². The van der Waals surface area contributed by atoms with Crippen molar-refractivity contribution < 1.29 is 4.79 Å². The van der Waals surface area contributed by atoms with Gasteiger partial charge in [-0.05, 0) is 55.5 Å². The van der Waals surface area contributed by atoms with Crippen LogP contribution in [-0.4, -0.2) is 20.7 Å². The van der Waals surface area contributed by atoms with Gasteiger partial charge in [-0.1, -0.05) is 96.5 Å². The van der Waals surface area contributed by atoms with Crippen LogP contribution in [0.2, 0.25) is 5.02 Å². The first-order chi connectivity index (χ1) is 17.4. The van der Waals surface area contributed by atoms with Crippen molar-refractivity contribution in [1.82, 2.24) is 20.1 Å². The Hall–Kier alpha value is -3.09. The first-order valence-electron chi connectivity index (χ1n) is 12.2. The van der Waals surface area contributed by atoms with E-state index in [4.69, 9.17) is 11.6 Å². The van der Waals surface area contributed by atoms with Gasteiger partial charge >= 0.3 is 0 Å². The summed E-state index contributed by atoms with van der Waals surface area (Å²) in [5, 5.41) is 13.9. The van der Waals surface area contributed by atoms with Crippen molar-refractivity contribution in [3.63, 3.8) is 0 Å². The average Bonchev–Trinajstić information content (AvgIpc) is 3.28. The zero-order chi connectivity index (χ0) is 25.5. The molecule has 1 heterocycles. The molecule has 1 unspecified atom stereocenters. The van der Waals surface area contributed by atoms with Crippen molar-refractivity contribution >= 4 is 29.3 Å². The van der Waals surface area contributed by atoms with Gasteiger partial charge < -0.3 is 5.32 Å². The summed E-state index contributed by atoms with van der Waals surface area (Å²) in [7, 11) is 0. The van der Waals surface area contributed by atoms with E-state index in [1.807, 2.05) is 50.2 Å². The van der Waals surface area contributed by atoms with Crippen LogP contribution in [0.5, 0.6) is 0 Å². The lowest BCUT2D eigenvalue weighted by molar-refractivity contribution is -0.121. The van der Waals surface area contributed by atoms with Crippen LogP contribution in [0.15, 0.2) is 78.0 Å². The molecule has 1 amide bonds. The maximum absolute atomic E-state index is 12.7. The van der Waals surface area contributed by atoms with Crippen molar-refractivity contribution in [2.75, 3.05) is 0 Å². The highest BCUT2D eigenvalue weighted by Gasteiger charge is 2.25. The van der Waals surface area contributed by atoms with E-state index < -0.39 is 0 Å². The number of benzene rings is 3. The third kappa shape index (κ3) is 6.56. The number of amides is 1. The summed E-state index contributed by atoms with van der Waals surface area (Å²) in [6, 6.07) is 24.1. The fourth-order valence-corrected chi connectivity index (χ4v) is 5.21. The Bertz CT molecular complexity index is 1320. The minimum atomic E-state index is -0.342. The Kier molecular flexibility index (Phi) is 8.83. The fraction of sp³-hybridized carbons (Fsp3) is 0.276. The maximum atomic E-state index is 12.7. The molecule has 0 aliphatic heterocycles. The van der Waals surface area contributed by atoms with E-state index in [-0.39, 0.29) is 11.9 Å². The summed E-state index contributed by atoms with van der Waals surface area (Å²) in [6.07, 6.45) is 1.85. The maximum Gasteiger partial charge on any atom is 0.220 e. The molecule has 7 heteroatoms. The lowest BCUT2D eigenvalue weighted by Gasteiger charge is -2.21. The Labute approximate surface area is 222 Å². The van der Waals surface area contributed by atoms with Crippen LogP contribution in [0.3, 0.4) is 0 Å². The number of nitrogens with zero attached hydrogens (tertiary/aromatic N) is 3. The van der Waals surface area contributed by atoms with Gasteiger partial charge in [0.1, 0.15) is 0 Å². The largest absolute Gasteiger partial charge is 0.346 e. The van der Waals surface area contributed by atoms with Crippen molar-refractivity contribution in [2.24, 2.45) is 0 Å². The number of hydrogen-bond donors (Lipinski definition) is 1. The lowest BCUT2D eigenvalue weighted by Crippen LogP contribution is -2.31. The second-order valence-electron chi connectivity index (χ2n) is 8.94. The van der Waals surface area contributed by atoms with Gasteiger partial charge in [0.05, 0.1) is 11.7 Å². The number of halogens is 1. The van der Waals surface area contributed by atoms with Crippen LogP contribution < -0.4 is 5.32 Å². The summed E-state index contributed by atoms with van der Waals surface area (Å²) in [5.41, 5.74) is 5.53. The molecular weight excluding hydrogens is 488 g/mol. The van der Waals surface area contributed by atoms with Gasteiger partial charge in [0, 0.05) is 17.2 Å². The van der Waals surface area contributed by atoms with Gasteiger partial charge in [0.25, 0.3) is 0 Å². The van der Waals surface area contributed by atoms with Gasteiger partial charge in [0.2, 0.25) is 5.91 Å². The molecule has 0 radical (unpaired) electrons. The van der Waals surface area contributed by atoms with Gasteiger partial charge in [0.15, 0.2) is 11.0 Å². The highest BCUT2D eigenvalue weighted by molar-refractivity contribution is 7.98. The number of rotatable bonds is 10. The summed E-state index contributed by atoms with van der Waals surface area (Å²) >= 11 is 8.06. The van der Waals surface area contributed by atoms with Crippen molar-refractivity contribution in [1.29, 1.82) is 0 Å². The fourth-order valence-electron chi connectivity index (χ4n) is 4.15. The monoisotopic (exact) mass is 518 g/mol. The Balaban J connectivity index is 1.77. The molecular formula is C29H31ClN4OS. The molecule has 4 rings (SSSR count). The minimum absolute atomic E-state index is 0.00441. The van der Waals surface area contributed by atoms with Crippen LogP contribution in [0.4, 0.5) is 0 Å². The summed E-state index contributed by atoms with van der Waals surface area (Å²) < 4.78 is 2.06. The van der Waals surface area contributed by atoms with Gasteiger partial charge in [-0.2, -0.15) is 0 Å². The van der Waals surface area contributed by atoms with E-state index in [1.165, 1.54) is 11.1 Å². The molecule has 0 spiro atoms. The van der Waals surface area contributed by atoms with E-state index in [0.717, 1.165) is 34.1 Å². The zero-order valence-electron chi connectivity index (χ0n) is 20.9. The number of nitrogens with one attached hydrogen (secondary N) is 1. The number of aryl methyl sites for hydroxylation is 2. The number of carbonyl (C=O) groups excluding carboxylic acids is 1. The number of thioether (sulfide) groups is 1. The van der Waals surface area contributed by atoms with E-state index >= 15 is 0 Å². The van der Waals surface area contributed by atoms with Gasteiger partial charge in [-0.3, -0.25) is 9.36 Å². The number of carbonyl (C=O) groups is 1. The van der Waals surface area contributed by atoms with E-state index in [2.05, 4.69) is 63.4 Å².